The molecule has 0 unspecified atom stereocenters. The first-order chi connectivity index (χ1) is 6.15. The summed E-state index contributed by atoms with van der Waals surface area (Å²) in [4.78, 5) is 3.99. The van der Waals surface area contributed by atoms with Crippen LogP contribution in [0.4, 0.5) is 5.82 Å². The van der Waals surface area contributed by atoms with Crippen LogP contribution in [0.2, 0.25) is 5.02 Å². The third kappa shape index (κ3) is 2.31. The number of nitrogens with zero attached hydrogens (tertiary/aromatic N) is 3. The Labute approximate surface area is 81.7 Å². The lowest BCUT2D eigenvalue weighted by Crippen LogP contribution is -2.20. The van der Waals surface area contributed by atoms with Gasteiger partial charge in [-0.1, -0.05) is 11.6 Å². The molecule has 1 aromatic heterocycles. The molecule has 0 saturated carbocycles. The molecule has 0 radical (unpaired) electrons. The Balaban J connectivity index is 3.03. The molecule has 1 rings (SSSR count). The van der Waals surface area contributed by atoms with Gasteiger partial charge in [0.25, 0.3) is 0 Å². The number of hydrogen-bond donors (Lipinski definition) is 1. The van der Waals surface area contributed by atoms with Crippen LogP contribution in [0.15, 0.2) is 12.3 Å². The monoisotopic (exact) mass is 196 g/mol. The average molecular weight is 197 g/mol. The molecular weight excluding hydrogens is 188 g/mol. The van der Waals surface area contributed by atoms with E-state index in [0.29, 0.717) is 16.4 Å². The third-order valence-corrected chi connectivity index (χ3v) is 1.72. The molecule has 1 aromatic rings. The molecule has 0 aliphatic heterocycles. The summed E-state index contributed by atoms with van der Waals surface area (Å²) in [6.45, 7) is 0. The Morgan fingerprint density at radius 3 is 2.85 bits per heavy atom. The van der Waals surface area contributed by atoms with Gasteiger partial charge < -0.3 is 5.43 Å². The van der Waals surface area contributed by atoms with Crippen molar-refractivity contribution in [2.45, 2.75) is 0 Å². The minimum Gasteiger partial charge on any atom is -0.302 e. The van der Waals surface area contributed by atoms with Crippen molar-refractivity contribution in [3.05, 3.63) is 22.8 Å². The molecule has 68 valence electrons. The van der Waals surface area contributed by atoms with Crippen molar-refractivity contribution in [2.24, 2.45) is 0 Å². The van der Waals surface area contributed by atoms with Gasteiger partial charge in [0.1, 0.15) is 11.1 Å². The van der Waals surface area contributed by atoms with Gasteiger partial charge in [0, 0.05) is 20.3 Å². The minimum atomic E-state index is 0.346. The van der Waals surface area contributed by atoms with Gasteiger partial charge in [-0.05, 0) is 6.07 Å². The third-order valence-electron chi connectivity index (χ3n) is 1.34. The Hall–Kier alpha value is -1.31. The van der Waals surface area contributed by atoms with Crippen LogP contribution in [0.5, 0.6) is 0 Å². The van der Waals surface area contributed by atoms with E-state index in [1.165, 1.54) is 6.20 Å². The maximum Gasteiger partial charge on any atom is 0.160 e. The Morgan fingerprint density at radius 1 is 1.62 bits per heavy atom. The lowest BCUT2D eigenvalue weighted by atomic mass is 10.3. The molecule has 0 atom stereocenters. The highest BCUT2D eigenvalue weighted by Crippen LogP contribution is 2.22. The first kappa shape index (κ1) is 9.78. The molecule has 0 aromatic carbocycles. The quantitative estimate of drug-likeness (QED) is 0.729. The van der Waals surface area contributed by atoms with Crippen LogP contribution in [0, 0.1) is 11.3 Å². The van der Waals surface area contributed by atoms with E-state index in [2.05, 4.69) is 10.4 Å². The maximum absolute atomic E-state index is 8.67. The molecular formula is C8H9ClN4. The van der Waals surface area contributed by atoms with Gasteiger partial charge in [-0.15, -0.1) is 0 Å². The zero-order valence-electron chi connectivity index (χ0n) is 7.37. The second-order valence-electron chi connectivity index (χ2n) is 2.64. The minimum absolute atomic E-state index is 0.346. The molecule has 0 fully saturated rings. The van der Waals surface area contributed by atoms with Crippen LogP contribution >= 0.6 is 11.6 Å². The van der Waals surface area contributed by atoms with E-state index in [1.54, 1.807) is 11.1 Å². The Kier molecular flexibility index (Phi) is 3.07. The van der Waals surface area contributed by atoms with Crippen molar-refractivity contribution in [3.63, 3.8) is 0 Å². The van der Waals surface area contributed by atoms with E-state index >= 15 is 0 Å². The number of pyridine rings is 1. The highest BCUT2D eigenvalue weighted by Gasteiger charge is 2.06. The lowest BCUT2D eigenvalue weighted by molar-refractivity contribution is 0.492. The molecule has 0 saturated heterocycles. The Morgan fingerprint density at radius 2 is 2.31 bits per heavy atom. The summed E-state index contributed by atoms with van der Waals surface area (Å²) in [5, 5.41) is 10.7. The van der Waals surface area contributed by atoms with Gasteiger partial charge in [0.15, 0.2) is 5.82 Å². The highest BCUT2D eigenvalue weighted by molar-refractivity contribution is 6.34. The average Bonchev–Trinajstić information content (AvgIpc) is 2.08. The van der Waals surface area contributed by atoms with Crippen LogP contribution in [-0.2, 0) is 0 Å². The molecule has 5 heteroatoms. The molecule has 13 heavy (non-hydrogen) atoms. The molecule has 0 bridgehead atoms. The van der Waals surface area contributed by atoms with E-state index < -0.39 is 0 Å². The number of hydrogen-bond acceptors (Lipinski definition) is 4. The number of anilines is 1. The first-order valence-corrected chi connectivity index (χ1v) is 4.01. The molecule has 0 spiro atoms. The summed E-state index contributed by atoms with van der Waals surface area (Å²) < 4.78 is 0. The summed E-state index contributed by atoms with van der Waals surface area (Å²) in [5.41, 5.74) is 3.30. The van der Waals surface area contributed by atoms with Gasteiger partial charge in [-0.2, -0.15) is 5.26 Å². The number of nitriles is 1. The molecule has 0 aliphatic rings. The predicted molar refractivity (Wildman–Crippen MR) is 51.3 cm³/mol. The molecule has 0 amide bonds. The lowest BCUT2D eigenvalue weighted by Gasteiger charge is -2.13. The fraction of sp³-hybridized carbons (Fsp3) is 0.250. The normalized spacial score (nSPS) is 9.77. The standard InChI is InChI=1S/C8H9ClN4/c1-13(2)12-8-7(9)6(5-10)3-4-11-8/h3-4H,1-2H3,(H,11,12). The van der Waals surface area contributed by atoms with Crippen molar-refractivity contribution in [3.8, 4) is 6.07 Å². The van der Waals surface area contributed by atoms with Gasteiger partial charge >= 0.3 is 0 Å². The summed E-state index contributed by atoms with van der Waals surface area (Å²) in [6.07, 6.45) is 1.54. The van der Waals surface area contributed by atoms with Crippen LogP contribution in [0.1, 0.15) is 5.56 Å². The van der Waals surface area contributed by atoms with Gasteiger partial charge in [-0.25, -0.2) is 9.99 Å². The molecule has 0 aliphatic carbocycles. The first-order valence-electron chi connectivity index (χ1n) is 3.63. The number of rotatable bonds is 2. The van der Waals surface area contributed by atoms with E-state index in [1.807, 2.05) is 20.2 Å². The largest absolute Gasteiger partial charge is 0.302 e. The second-order valence-corrected chi connectivity index (χ2v) is 3.02. The number of aromatic nitrogens is 1. The van der Waals surface area contributed by atoms with Crippen molar-refractivity contribution in [1.29, 1.82) is 5.26 Å². The fourth-order valence-corrected chi connectivity index (χ4v) is 1.02. The maximum atomic E-state index is 8.67. The van der Waals surface area contributed by atoms with E-state index in [9.17, 15) is 0 Å². The van der Waals surface area contributed by atoms with Gasteiger partial charge in [0.2, 0.25) is 0 Å². The summed E-state index contributed by atoms with van der Waals surface area (Å²) in [5.74, 6) is 0.491. The van der Waals surface area contributed by atoms with E-state index in [0.717, 1.165) is 0 Å². The van der Waals surface area contributed by atoms with Gasteiger partial charge in [0.05, 0.1) is 5.56 Å². The molecule has 1 N–H and O–H groups in total. The van der Waals surface area contributed by atoms with Gasteiger partial charge in [-0.3, -0.25) is 0 Å². The van der Waals surface area contributed by atoms with Crippen LogP contribution in [0.3, 0.4) is 0 Å². The molecule has 4 nitrogen and oxygen atoms in total. The molecule has 1 heterocycles. The SMILES string of the molecule is CN(C)Nc1nccc(C#N)c1Cl. The van der Waals surface area contributed by atoms with E-state index in [-0.39, 0.29) is 0 Å². The zero-order valence-corrected chi connectivity index (χ0v) is 8.13. The topological polar surface area (TPSA) is 52.0 Å². The summed E-state index contributed by atoms with van der Waals surface area (Å²) in [6, 6.07) is 3.55. The summed E-state index contributed by atoms with van der Waals surface area (Å²) in [7, 11) is 3.63. The smallest absolute Gasteiger partial charge is 0.160 e. The van der Waals surface area contributed by atoms with Crippen LogP contribution < -0.4 is 5.43 Å². The van der Waals surface area contributed by atoms with Crippen molar-refractivity contribution < 1.29 is 0 Å². The van der Waals surface area contributed by atoms with Crippen LogP contribution in [-0.4, -0.2) is 24.1 Å². The highest BCUT2D eigenvalue weighted by atomic mass is 35.5. The van der Waals surface area contributed by atoms with Crippen molar-refractivity contribution >= 4 is 17.4 Å². The summed E-state index contributed by atoms with van der Waals surface area (Å²) >= 11 is 5.88. The zero-order chi connectivity index (χ0) is 9.84. The van der Waals surface area contributed by atoms with Crippen molar-refractivity contribution in [2.75, 3.05) is 19.5 Å². The second kappa shape index (κ2) is 4.08. The number of hydrazine groups is 1. The van der Waals surface area contributed by atoms with Crippen molar-refractivity contribution in [1.82, 2.24) is 9.99 Å². The van der Waals surface area contributed by atoms with E-state index in [4.69, 9.17) is 16.9 Å². The number of halogens is 1. The van der Waals surface area contributed by atoms with Crippen LogP contribution in [0.25, 0.3) is 0 Å². The fourth-order valence-electron chi connectivity index (χ4n) is 0.820. The number of nitrogens with one attached hydrogen (secondary N) is 1. The predicted octanol–water partition coefficient (Wildman–Crippen LogP) is 1.50. The Bertz CT molecular complexity index is 342.